The highest BCUT2D eigenvalue weighted by Crippen LogP contribution is 2.67. The number of methoxy groups -OCH3 is 2. The molecule has 0 aromatic heterocycles. The first kappa shape index (κ1) is 26.2. The molecule has 0 saturated heterocycles. The van der Waals surface area contributed by atoms with E-state index in [0.717, 1.165) is 42.9 Å². The Hall–Kier alpha value is -0.910. The lowest BCUT2D eigenvalue weighted by molar-refractivity contribution is -0.192. The lowest BCUT2D eigenvalue weighted by atomic mass is 9.47. The Morgan fingerprint density at radius 3 is 2.62 bits per heavy atom. The van der Waals surface area contributed by atoms with Crippen molar-refractivity contribution in [3.05, 3.63) is 11.6 Å². The van der Waals surface area contributed by atoms with Crippen LogP contribution in [0, 0.1) is 40.4 Å². The molecule has 4 rings (SSSR count). The minimum absolute atomic E-state index is 0.0625. The van der Waals surface area contributed by atoms with Gasteiger partial charge in [0, 0.05) is 13.5 Å². The van der Waals surface area contributed by atoms with Gasteiger partial charge in [-0.05, 0) is 105 Å². The number of rotatable bonds is 9. The zero-order valence-corrected chi connectivity index (χ0v) is 22.4. The summed E-state index contributed by atoms with van der Waals surface area (Å²) in [5.74, 6) is 3.71. The molecule has 0 N–H and O–H groups in total. The predicted molar refractivity (Wildman–Crippen MR) is 133 cm³/mol. The van der Waals surface area contributed by atoms with Gasteiger partial charge in [-0.2, -0.15) is 0 Å². The molecule has 4 aliphatic carbocycles. The van der Waals surface area contributed by atoms with Gasteiger partial charge >= 0.3 is 5.97 Å². The van der Waals surface area contributed by atoms with E-state index < -0.39 is 0 Å². The largest absolute Gasteiger partial charge is 0.469 e. The monoisotopic (exact) mass is 476 g/mol. The number of ether oxygens (including phenoxy) is 4. The molecule has 1 unspecified atom stereocenters. The molecule has 5 heteroatoms. The highest BCUT2D eigenvalue weighted by Gasteiger charge is 2.59. The Labute approximate surface area is 207 Å². The summed E-state index contributed by atoms with van der Waals surface area (Å²) in [6.07, 6.45) is 14.2. The van der Waals surface area contributed by atoms with Crippen molar-refractivity contribution in [3.63, 3.8) is 0 Å². The molecular formula is C29H48O5. The Morgan fingerprint density at radius 2 is 1.88 bits per heavy atom. The summed E-state index contributed by atoms with van der Waals surface area (Å²) in [5.41, 5.74) is 2.40. The third kappa shape index (κ3) is 4.86. The Kier molecular flexibility index (Phi) is 8.16. The average Bonchev–Trinajstić information content (AvgIpc) is 3.19. The fourth-order valence-electron chi connectivity index (χ4n) is 8.69. The molecule has 0 radical (unpaired) electrons. The van der Waals surface area contributed by atoms with Gasteiger partial charge < -0.3 is 18.9 Å². The quantitative estimate of drug-likeness (QED) is 0.216. The minimum atomic E-state index is -0.224. The first-order chi connectivity index (χ1) is 16.2. The topological polar surface area (TPSA) is 54.0 Å². The van der Waals surface area contributed by atoms with Crippen LogP contribution in [-0.2, 0) is 23.7 Å². The molecule has 0 aromatic carbocycles. The Balaban J connectivity index is 1.40. The van der Waals surface area contributed by atoms with Crippen LogP contribution in [0.25, 0.3) is 0 Å². The number of carbonyl (C=O) groups excluding carboxylic acids is 1. The van der Waals surface area contributed by atoms with E-state index in [1.165, 1.54) is 45.6 Å². The Bertz CT molecular complexity index is 749. The van der Waals surface area contributed by atoms with Crippen LogP contribution >= 0.6 is 0 Å². The van der Waals surface area contributed by atoms with Crippen molar-refractivity contribution in [3.8, 4) is 0 Å². The second kappa shape index (κ2) is 10.6. The van der Waals surface area contributed by atoms with Crippen molar-refractivity contribution in [2.75, 3.05) is 21.0 Å². The maximum atomic E-state index is 11.7. The molecule has 3 saturated carbocycles. The highest BCUT2D eigenvalue weighted by atomic mass is 16.7. The van der Waals surface area contributed by atoms with Gasteiger partial charge in [0.15, 0.2) is 6.29 Å². The van der Waals surface area contributed by atoms with E-state index in [9.17, 15) is 4.79 Å². The molecule has 9 atom stereocenters. The minimum Gasteiger partial charge on any atom is -0.469 e. The van der Waals surface area contributed by atoms with Gasteiger partial charge in [-0.1, -0.05) is 32.4 Å². The van der Waals surface area contributed by atoms with Crippen LogP contribution in [0.15, 0.2) is 11.6 Å². The number of esters is 1. The molecule has 0 aliphatic heterocycles. The molecule has 5 nitrogen and oxygen atoms in total. The molecule has 0 aromatic rings. The summed E-state index contributed by atoms with van der Waals surface area (Å²) in [5, 5.41) is 0. The van der Waals surface area contributed by atoms with E-state index in [-0.39, 0.29) is 18.4 Å². The van der Waals surface area contributed by atoms with Crippen molar-refractivity contribution in [2.45, 2.75) is 104 Å². The molecule has 0 spiro atoms. The number of hydrogen-bond donors (Lipinski definition) is 0. The lowest BCUT2D eigenvalue weighted by Gasteiger charge is -2.58. The molecule has 0 amide bonds. The fourth-order valence-corrected chi connectivity index (χ4v) is 8.69. The first-order valence-corrected chi connectivity index (χ1v) is 13.7. The molecule has 194 valence electrons. The van der Waals surface area contributed by atoms with E-state index in [4.69, 9.17) is 18.9 Å². The van der Waals surface area contributed by atoms with E-state index in [2.05, 4.69) is 26.8 Å². The summed E-state index contributed by atoms with van der Waals surface area (Å²) in [4.78, 5) is 11.7. The third-order valence-electron chi connectivity index (χ3n) is 10.8. The van der Waals surface area contributed by atoms with Gasteiger partial charge in [-0.3, -0.25) is 4.79 Å². The van der Waals surface area contributed by atoms with Crippen LogP contribution in [-0.4, -0.2) is 39.4 Å². The summed E-state index contributed by atoms with van der Waals surface area (Å²) >= 11 is 0. The average molecular weight is 477 g/mol. The van der Waals surface area contributed by atoms with Crippen LogP contribution in [0.1, 0.15) is 91.9 Å². The van der Waals surface area contributed by atoms with Gasteiger partial charge in [0.1, 0.15) is 6.79 Å². The first-order valence-electron chi connectivity index (χ1n) is 13.7. The van der Waals surface area contributed by atoms with Crippen molar-refractivity contribution in [1.29, 1.82) is 0 Å². The normalized spacial score (nSPS) is 41.0. The zero-order chi connectivity index (χ0) is 24.5. The van der Waals surface area contributed by atoms with Crippen LogP contribution in [0.5, 0.6) is 0 Å². The van der Waals surface area contributed by atoms with E-state index in [1.54, 1.807) is 12.7 Å². The van der Waals surface area contributed by atoms with Gasteiger partial charge in [-0.15, -0.1) is 0 Å². The second-order valence-corrected chi connectivity index (χ2v) is 12.2. The molecule has 0 heterocycles. The summed E-state index contributed by atoms with van der Waals surface area (Å²) < 4.78 is 21.7. The van der Waals surface area contributed by atoms with Crippen molar-refractivity contribution in [2.24, 2.45) is 40.4 Å². The van der Waals surface area contributed by atoms with Crippen molar-refractivity contribution >= 4 is 5.97 Å². The smallest absolute Gasteiger partial charge is 0.305 e. The van der Waals surface area contributed by atoms with E-state index >= 15 is 0 Å². The number of fused-ring (bicyclic) bond motifs is 5. The summed E-state index contributed by atoms with van der Waals surface area (Å²) in [7, 11) is 3.16. The lowest BCUT2D eigenvalue weighted by Crippen LogP contribution is -2.51. The fraction of sp³-hybridized carbons (Fsp3) is 0.897. The maximum absolute atomic E-state index is 11.7. The standard InChI is InChI=1S/C29H48O5/c1-19(7-12-27(30)32-6)24-10-11-25-23-9-8-21-17-22(34-18-33-20(2)31-5)13-15-28(21,3)26(23)14-16-29(24,25)4/h8,19-20,22-26H,7,9-18H2,1-6H3/t19-,20?,22+,23+,24-,25+,26+,28+,29-/m1/s1. The maximum Gasteiger partial charge on any atom is 0.305 e. The van der Waals surface area contributed by atoms with E-state index in [0.29, 0.717) is 30.0 Å². The van der Waals surface area contributed by atoms with Crippen LogP contribution in [0.4, 0.5) is 0 Å². The van der Waals surface area contributed by atoms with E-state index in [1.807, 2.05) is 6.92 Å². The van der Waals surface area contributed by atoms with Gasteiger partial charge in [-0.25, -0.2) is 0 Å². The second-order valence-electron chi connectivity index (χ2n) is 12.2. The Morgan fingerprint density at radius 1 is 1.09 bits per heavy atom. The van der Waals surface area contributed by atoms with Crippen molar-refractivity contribution < 1.29 is 23.7 Å². The van der Waals surface area contributed by atoms with Gasteiger partial charge in [0.2, 0.25) is 0 Å². The van der Waals surface area contributed by atoms with Gasteiger partial charge in [0.25, 0.3) is 0 Å². The van der Waals surface area contributed by atoms with Crippen LogP contribution in [0.2, 0.25) is 0 Å². The highest BCUT2D eigenvalue weighted by molar-refractivity contribution is 5.69. The van der Waals surface area contributed by atoms with Crippen LogP contribution < -0.4 is 0 Å². The molecule has 3 fully saturated rings. The number of carbonyl (C=O) groups is 1. The molecule has 0 bridgehead atoms. The van der Waals surface area contributed by atoms with Crippen LogP contribution in [0.3, 0.4) is 0 Å². The van der Waals surface area contributed by atoms with Gasteiger partial charge in [0.05, 0.1) is 13.2 Å². The third-order valence-corrected chi connectivity index (χ3v) is 10.8. The summed E-state index contributed by atoms with van der Waals surface area (Å²) in [6.45, 7) is 9.74. The number of allylic oxidation sites excluding steroid dienone is 1. The van der Waals surface area contributed by atoms with Crippen molar-refractivity contribution in [1.82, 2.24) is 0 Å². The molecular weight excluding hydrogens is 428 g/mol. The molecule has 34 heavy (non-hydrogen) atoms. The predicted octanol–water partition coefficient (Wildman–Crippen LogP) is 6.51. The number of hydrogen-bond acceptors (Lipinski definition) is 5. The summed E-state index contributed by atoms with van der Waals surface area (Å²) in [6, 6.07) is 0. The zero-order valence-electron chi connectivity index (χ0n) is 22.4. The SMILES string of the molecule is COC(=O)CC[C@@H](C)[C@H]1CC[C@H]2[C@@H]3CC=C4C[C@@H](OCOC(C)OC)CC[C@]4(C)[C@H]3CC[C@]12C. The molecule has 4 aliphatic rings.